The number of rotatable bonds is 2. The number of nitrogens with zero attached hydrogens (tertiary/aromatic N) is 1. The number of aromatic amines is 1. The molecule has 1 rings (SSSR count). The third kappa shape index (κ3) is 1.26. The van der Waals surface area contributed by atoms with Gasteiger partial charge in [0, 0.05) is 6.20 Å². The number of primary amides is 1. The van der Waals surface area contributed by atoms with E-state index in [2.05, 4.69) is 14.9 Å². The largest absolute Gasteiger partial charge is 0.464 e. The van der Waals surface area contributed by atoms with Crippen molar-refractivity contribution in [3.8, 4) is 0 Å². The number of hydrogen-bond donors (Lipinski definition) is 2. The minimum Gasteiger partial charge on any atom is -0.464 e. The monoisotopic (exact) mass is 169 g/mol. The average Bonchev–Trinajstić information content (AvgIpc) is 2.50. The second-order valence-electron chi connectivity index (χ2n) is 2.00. The normalized spacial score (nSPS) is 9.42. The van der Waals surface area contributed by atoms with Crippen LogP contribution in [0.4, 0.5) is 0 Å². The van der Waals surface area contributed by atoms with Gasteiger partial charge in [0.15, 0.2) is 5.69 Å². The number of methoxy groups -OCH3 is 1. The van der Waals surface area contributed by atoms with Gasteiger partial charge in [0.1, 0.15) is 0 Å². The molecule has 1 aromatic rings. The summed E-state index contributed by atoms with van der Waals surface area (Å²) in [5.41, 5.74) is 4.88. The van der Waals surface area contributed by atoms with E-state index >= 15 is 0 Å². The lowest BCUT2D eigenvalue weighted by atomic mass is 10.2. The molecule has 0 fully saturated rings. The van der Waals surface area contributed by atoms with Gasteiger partial charge >= 0.3 is 5.97 Å². The van der Waals surface area contributed by atoms with Crippen molar-refractivity contribution in [2.24, 2.45) is 5.73 Å². The zero-order valence-electron chi connectivity index (χ0n) is 6.33. The van der Waals surface area contributed by atoms with E-state index in [9.17, 15) is 9.59 Å². The molecule has 0 bridgehead atoms. The first-order chi connectivity index (χ1) is 5.66. The van der Waals surface area contributed by atoms with E-state index in [-0.39, 0.29) is 11.3 Å². The molecule has 1 aromatic heterocycles. The fourth-order valence-corrected chi connectivity index (χ4v) is 0.730. The number of nitrogens with one attached hydrogen (secondary N) is 1. The van der Waals surface area contributed by atoms with Crippen LogP contribution in [0.1, 0.15) is 20.8 Å². The molecule has 12 heavy (non-hydrogen) atoms. The minimum absolute atomic E-state index is 0.0295. The highest BCUT2D eigenvalue weighted by Crippen LogP contribution is 2.04. The quantitative estimate of drug-likeness (QED) is 0.571. The third-order valence-corrected chi connectivity index (χ3v) is 1.28. The molecule has 1 heterocycles. The maximum atomic E-state index is 10.9. The van der Waals surface area contributed by atoms with Crippen molar-refractivity contribution in [2.75, 3.05) is 7.11 Å². The van der Waals surface area contributed by atoms with E-state index < -0.39 is 11.9 Å². The van der Waals surface area contributed by atoms with E-state index in [0.29, 0.717) is 0 Å². The van der Waals surface area contributed by atoms with Crippen molar-refractivity contribution in [1.82, 2.24) is 10.2 Å². The molecule has 0 aliphatic carbocycles. The van der Waals surface area contributed by atoms with E-state index in [1.807, 2.05) is 0 Å². The number of carbonyl (C=O) groups is 2. The Morgan fingerprint density at radius 1 is 1.67 bits per heavy atom. The van der Waals surface area contributed by atoms with Crippen LogP contribution in [0.15, 0.2) is 6.20 Å². The highest BCUT2D eigenvalue weighted by molar-refractivity contribution is 6.03. The summed E-state index contributed by atoms with van der Waals surface area (Å²) in [7, 11) is 1.20. The number of nitrogens with two attached hydrogens (primary N) is 1. The maximum absolute atomic E-state index is 10.9. The Morgan fingerprint density at radius 2 is 2.33 bits per heavy atom. The standard InChI is InChI=1S/C6H7N3O3/c1-12-6(11)4-3(5(7)10)2-8-9-4/h2H,1H3,(H2,7,10)(H,8,9). The fourth-order valence-electron chi connectivity index (χ4n) is 0.730. The molecule has 0 unspecified atom stereocenters. The average molecular weight is 169 g/mol. The first-order valence-electron chi connectivity index (χ1n) is 3.08. The molecule has 64 valence electrons. The van der Waals surface area contributed by atoms with E-state index in [0.717, 1.165) is 0 Å². The first kappa shape index (κ1) is 8.25. The molecule has 0 aliphatic rings. The molecule has 6 heteroatoms. The van der Waals surface area contributed by atoms with Crippen molar-refractivity contribution >= 4 is 11.9 Å². The summed E-state index contributed by atoms with van der Waals surface area (Å²) in [6.07, 6.45) is 1.24. The van der Waals surface area contributed by atoms with Crippen LogP contribution in [-0.4, -0.2) is 29.2 Å². The van der Waals surface area contributed by atoms with Gasteiger partial charge in [0.2, 0.25) is 0 Å². The third-order valence-electron chi connectivity index (χ3n) is 1.28. The van der Waals surface area contributed by atoms with Gasteiger partial charge in [-0.25, -0.2) is 4.79 Å². The van der Waals surface area contributed by atoms with Crippen LogP contribution in [0, 0.1) is 0 Å². The van der Waals surface area contributed by atoms with Crippen molar-refractivity contribution in [3.05, 3.63) is 17.5 Å². The molecule has 0 saturated heterocycles. The number of hydrogen-bond acceptors (Lipinski definition) is 4. The van der Waals surface area contributed by atoms with Crippen molar-refractivity contribution in [1.29, 1.82) is 0 Å². The number of aromatic nitrogens is 2. The van der Waals surface area contributed by atoms with Crippen LogP contribution < -0.4 is 5.73 Å². The summed E-state index contributed by atoms with van der Waals surface area (Å²) in [5, 5.41) is 5.85. The van der Waals surface area contributed by atoms with E-state index in [1.54, 1.807) is 0 Å². The maximum Gasteiger partial charge on any atom is 0.359 e. The predicted octanol–water partition coefficient (Wildman–Crippen LogP) is -0.705. The van der Waals surface area contributed by atoms with E-state index in [4.69, 9.17) is 5.73 Å². The second kappa shape index (κ2) is 3.04. The molecular formula is C6H7N3O3. The Bertz CT molecular complexity index is 318. The first-order valence-corrected chi connectivity index (χ1v) is 3.08. The lowest BCUT2D eigenvalue weighted by molar-refractivity contribution is 0.0590. The fraction of sp³-hybridized carbons (Fsp3) is 0.167. The number of amides is 1. The van der Waals surface area contributed by atoms with E-state index in [1.165, 1.54) is 13.3 Å². The highest BCUT2D eigenvalue weighted by Gasteiger charge is 2.18. The molecule has 3 N–H and O–H groups in total. The molecular weight excluding hydrogens is 162 g/mol. The zero-order chi connectivity index (χ0) is 9.14. The zero-order valence-corrected chi connectivity index (χ0v) is 6.33. The van der Waals surface area contributed by atoms with Gasteiger partial charge in [-0.2, -0.15) is 5.10 Å². The van der Waals surface area contributed by atoms with Crippen molar-refractivity contribution in [2.45, 2.75) is 0 Å². The SMILES string of the molecule is COC(=O)c1n[nH]cc1C(N)=O. The lowest BCUT2D eigenvalue weighted by Crippen LogP contribution is -2.15. The Morgan fingerprint density at radius 3 is 2.83 bits per heavy atom. The van der Waals surface area contributed by atoms with Crippen LogP contribution in [0.25, 0.3) is 0 Å². The molecule has 0 radical (unpaired) electrons. The Balaban J connectivity index is 3.07. The lowest BCUT2D eigenvalue weighted by Gasteiger charge is -1.94. The number of carbonyl (C=O) groups excluding carboxylic acids is 2. The number of esters is 1. The van der Waals surface area contributed by atoms with Gasteiger partial charge in [0.25, 0.3) is 5.91 Å². The van der Waals surface area contributed by atoms with Gasteiger partial charge < -0.3 is 10.5 Å². The Hall–Kier alpha value is -1.85. The molecule has 1 amide bonds. The van der Waals surface area contributed by atoms with Crippen LogP contribution in [0.5, 0.6) is 0 Å². The Labute approximate surface area is 67.7 Å². The minimum atomic E-state index is -0.718. The second-order valence-corrected chi connectivity index (χ2v) is 2.00. The van der Waals surface area contributed by atoms with Crippen LogP contribution >= 0.6 is 0 Å². The van der Waals surface area contributed by atoms with Gasteiger partial charge in [-0.1, -0.05) is 0 Å². The number of ether oxygens (including phenoxy) is 1. The summed E-state index contributed by atoms with van der Waals surface area (Å²) in [6, 6.07) is 0. The summed E-state index contributed by atoms with van der Waals surface area (Å²) in [5.74, 6) is -1.41. The summed E-state index contributed by atoms with van der Waals surface area (Å²) < 4.78 is 4.36. The summed E-state index contributed by atoms with van der Waals surface area (Å²) >= 11 is 0. The van der Waals surface area contributed by atoms with Crippen LogP contribution in [0.3, 0.4) is 0 Å². The highest BCUT2D eigenvalue weighted by atomic mass is 16.5. The molecule has 6 nitrogen and oxygen atoms in total. The summed E-state index contributed by atoms with van der Waals surface area (Å²) in [6.45, 7) is 0. The molecule has 0 atom stereocenters. The predicted molar refractivity (Wildman–Crippen MR) is 38.4 cm³/mol. The van der Waals surface area contributed by atoms with Gasteiger partial charge in [-0.3, -0.25) is 9.89 Å². The van der Waals surface area contributed by atoms with Gasteiger partial charge in [-0.15, -0.1) is 0 Å². The van der Waals surface area contributed by atoms with Crippen LogP contribution in [-0.2, 0) is 4.74 Å². The smallest absolute Gasteiger partial charge is 0.359 e. The van der Waals surface area contributed by atoms with Gasteiger partial charge in [-0.05, 0) is 0 Å². The Kier molecular flexibility index (Phi) is 2.09. The molecule has 0 saturated carbocycles. The number of H-pyrrole nitrogens is 1. The molecule has 0 spiro atoms. The summed E-state index contributed by atoms with van der Waals surface area (Å²) in [4.78, 5) is 21.5. The van der Waals surface area contributed by atoms with Crippen LogP contribution in [0.2, 0.25) is 0 Å². The molecule has 0 aliphatic heterocycles. The topological polar surface area (TPSA) is 98.1 Å². The van der Waals surface area contributed by atoms with Crippen molar-refractivity contribution in [3.63, 3.8) is 0 Å². The molecule has 0 aromatic carbocycles. The van der Waals surface area contributed by atoms with Crippen molar-refractivity contribution < 1.29 is 14.3 Å². The van der Waals surface area contributed by atoms with Gasteiger partial charge in [0.05, 0.1) is 12.7 Å².